The van der Waals surface area contributed by atoms with E-state index in [-0.39, 0.29) is 6.04 Å². The zero-order chi connectivity index (χ0) is 20.2. The summed E-state index contributed by atoms with van der Waals surface area (Å²) < 4.78 is 31.5. The van der Waals surface area contributed by atoms with Crippen molar-refractivity contribution in [1.29, 1.82) is 0 Å². The number of hydrogen-bond donors (Lipinski definition) is 1. The van der Waals surface area contributed by atoms with E-state index in [1.807, 2.05) is 30.5 Å². The molecule has 1 aliphatic rings. The van der Waals surface area contributed by atoms with Gasteiger partial charge in [0.15, 0.2) is 11.5 Å². The highest BCUT2D eigenvalue weighted by Crippen LogP contribution is 2.33. The fraction of sp³-hybridized carbons (Fsp3) is 0.300. The quantitative estimate of drug-likeness (QED) is 0.557. The molecular formula is C20H21N5O3S. The number of hydrogen-bond acceptors (Lipinski definition) is 6. The first-order valence-corrected chi connectivity index (χ1v) is 11.3. The maximum Gasteiger partial charge on any atom is 0.237 e. The number of nitrogens with one attached hydrogen (secondary N) is 1. The molecule has 29 heavy (non-hydrogen) atoms. The third-order valence-corrected chi connectivity index (χ3v) is 6.33. The molecule has 0 spiro atoms. The Morgan fingerprint density at radius 1 is 1.17 bits per heavy atom. The number of nitrogens with zero attached hydrogens (tertiary/aromatic N) is 4. The highest BCUT2D eigenvalue weighted by Gasteiger charge is 2.26. The van der Waals surface area contributed by atoms with Crippen molar-refractivity contribution < 1.29 is 13.2 Å². The molecule has 0 unspecified atom stereocenters. The number of ether oxygens (including phenoxy) is 1. The van der Waals surface area contributed by atoms with Gasteiger partial charge in [-0.1, -0.05) is 12.1 Å². The molecule has 0 amide bonds. The lowest BCUT2D eigenvalue weighted by molar-refractivity contribution is 0.0987. The molecule has 4 heterocycles. The molecule has 1 aromatic carbocycles. The van der Waals surface area contributed by atoms with Gasteiger partial charge in [0.1, 0.15) is 5.82 Å². The molecule has 0 saturated carbocycles. The van der Waals surface area contributed by atoms with Crippen molar-refractivity contribution in [3.05, 3.63) is 42.7 Å². The van der Waals surface area contributed by atoms with Crippen LogP contribution in [0.2, 0.25) is 0 Å². The Hall–Kier alpha value is -2.91. The average Bonchev–Trinajstić information content (AvgIpc) is 3.34. The van der Waals surface area contributed by atoms with E-state index in [1.54, 1.807) is 12.3 Å². The highest BCUT2D eigenvalue weighted by atomic mass is 32.2. The molecule has 5 rings (SSSR count). The number of anilines is 1. The van der Waals surface area contributed by atoms with Crippen LogP contribution in [-0.4, -0.2) is 59.4 Å². The molecule has 8 nitrogen and oxygen atoms in total. The molecule has 0 radical (unpaired) electrons. The summed E-state index contributed by atoms with van der Waals surface area (Å²) in [6, 6.07) is 9.76. The van der Waals surface area contributed by atoms with Gasteiger partial charge in [-0.15, -0.1) is 0 Å². The largest absolute Gasteiger partial charge is 0.377 e. The van der Waals surface area contributed by atoms with E-state index in [0.29, 0.717) is 36.6 Å². The molecule has 1 saturated heterocycles. The normalized spacial score (nSPS) is 18.0. The first-order chi connectivity index (χ1) is 13.9. The van der Waals surface area contributed by atoms with Gasteiger partial charge in [-0.25, -0.2) is 22.4 Å². The van der Waals surface area contributed by atoms with Crippen LogP contribution in [0.5, 0.6) is 0 Å². The van der Waals surface area contributed by atoms with Crippen LogP contribution in [0.25, 0.3) is 33.3 Å². The van der Waals surface area contributed by atoms with Crippen LogP contribution in [0.4, 0.5) is 5.82 Å². The summed E-state index contributed by atoms with van der Waals surface area (Å²) >= 11 is 0. The van der Waals surface area contributed by atoms with Crippen LogP contribution >= 0.6 is 0 Å². The van der Waals surface area contributed by atoms with Crippen molar-refractivity contribution in [1.82, 2.24) is 18.9 Å². The van der Waals surface area contributed by atoms with Crippen molar-refractivity contribution in [2.75, 3.05) is 30.9 Å². The van der Waals surface area contributed by atoms with Gasteiger partial charge in [0.25, 0.3) is 0 Å². The van der Waals surface area contributed by atoms with Gasteiger partial charge in [-0.05, 0) is 25.1 Å². The molecule has 1 atom stereocenters. The SMILES string of the molecule is C[C@@H]1COCCN1c1nc(-c2cccc3[nH]ccc23)nc2c1ccn2S(C)(=O)=O. The Bertz CT molecular complexity index is 1320. The van der Waals surface area contributed by atoms with Crippen LogP contribution in [0.1, 0.15) is 6.92 Å². The van der Waals surface area contributed by atoms with Crippen molar-refractivity contribution >= 4 is 37.8 Å². The third kappa shape index (κ3) is 2.97. The van der Waals surface area contributed by atoms with Crippen LogP contribution in [0.15, 0.2) is 42.7 Å². The molecular weight excluding hydrogens is 390 g/mol. The van der Waals surface area contributed by atoms with Crippen LogP contribution in [0.3, 0.4) is 0 Å². The fourth-order valence-corrected chi connectivity index (χ4v) is 4.64. The van der Waals surface area contributed by atoms with Gasteiger partial charge in [0.05, 0.1) is 30.9 Å². The summed E-state index contributed by atoms with van der Waals surface area (Å²) in [7, 11) is -3.50. The molecule has 1 aliphatic heterocycles. The van der Waals surface area contributed by atoms with Gasteiger partial charge in [0, 0.05) is 35.4 Å². The maximum atomic E-state index is 12.3. The smallest absolute Gasteiger partial charge is 0.237 e. The number of benzene rings is 1. The van der Waals surface area contributed by atoms with E-state index in [4.69, 9.17) is 9.72 Å². The lowest BCUT2D eigenvalue weighted by Crippen LogP contribution is -2.44. The maximum absolute atomic E-state index is 12.3. The monoisotopic (exact) mass is 411 g/mol. The van der Waals surface area contributed by atoms with Gasteiger partial charge >= 0.3 is 0 Å². The Kier molecular flexibility index (Phi) is 4.11. The molecule has 9 heteroatoms. The van der Waals surface area contributed by atoms with E-state index in [9.17, 15) is 8.42 Å². The zero-order valence-electron chi connectivity index (χ0n) is 16.2. The summed E-state index contributed by atoms with van der Waals surface area (Å²) in [5, 5.41) is 1.71. The molecule has 4 aromatic rings. The number of aromatic amines is 1. The predicted octanol–water partition coefficient (Wildman–Crippen LogP) is 2.61. The van der Waals surface area contributed by atoms with E-state index < -0.39 is 10.0 Å². The predicted molar refractivity (Wildman–Crippen MR) is 113 cm³/mol. The van der Waals surface area contributed by atoms with Gasteiger partial charge in [-0.3, -0.25) is 0 Å². The lowest BCUT2D eigenvalue weighted by Gasteiger charge is -2.34. The number of fused-ring (bicyclic) bond motifs is 2. The summed E-state index contributed by atoms with van der Waals surface area (Å²) in [6.07, 6.45) is 4.60. The summed E-state index contributed by atoms with van der Waals surface area (Å²) in [4.78, 5) is 15.0. The molecule has 0 aliphatic carbocycles. The first-order valence-electron chi connectivity index (χ1n) is 9.44. The van der Waals surface area contributed by atoms with Crippen LogP contribution in [0, 0.1) is 0 Å². The number of aromatic nitrogens is 4. The van der Waals surface area contributed by atoms with Gasteiger partial charge in [0.2, 0.25) is 10.0 Å². The Labute approximate surface area is 168 Å². The standard InChI is InChI=1S/C20H21N5O3S/c1-13-12-28-11-10-24(13)19-16-7-9-25(29(2,26)27)20(16)23-18(22-19)15-4-3-5-17-14(15)6-8-21-17/h3-9,13,21H,10-12H2,1-2H3/t13-/m1/s1. The first kappa shape index (κ1) is 18.1. The van der Waals surface area contributed by atoms with E-state index in [2.05, 4.69) is 21.8 Å². The molecule has 3 aromatic heterocycles. The van der Waals surface area contributed by atoms with Crippen molar-refractivity contribution in [2.24, 2.45) is 0 Å². The Balaban J connectivity index is 1.82. The summed E-state index contributed by atoms with van der Waals surface area (Å²) in [5.74, 6) is 1.23. The van der Waals surface area contributed by atoms with Gasteiger partial charge < -0.3 is 14.6 Å². The average molecular weight is 411 g/mol. The molecule has 150 valence electrons. The van der Waals surface area contributed by atoms with E-state index >= 15 is 0 Å². The number of H-pyrrole nitrogens is 1. The second-order valence-electron chi connectivity index (χ2n) is 7.34. The van der Waals surface area contributed by atoms with E-state index in [1.165, 1.54) is 10.2 Å². The van der Waals surface area contributed by atoms with Crippen molar-refractivity contribution in [3.63, 3.8) is 0 Å². The van der Waals surface area contributed by atoms with Gasteiger partial charge in [-0.2, -0.15) is 0 Å². The topological polar surface area (TPSA) is 93.1 Å². The molecule has 1 N–H and O–H groups in total. The highest BCUT2D eigenvalue weighted by molar-refractivity contribution is 7.89. The molecule has 0 bridgehead atoms. The second-order valence-corrected chi connectivity index (χ2v) is 9.20. The Morgan fingerprint density at radius 3 is 2.83 bits per heavy atom. The van der Waals surface area contributed by atoms with Crippen LogP contribution in [-0.2, 0) is 14.8 Å². The van der Waals surface area contributed by atoms with E-state index in [0.717, 1.165) is 22.3 Å². The minimum absolute atomic E-state index is 0.124. The minimum atomic E-state index is -3.50. The number of rotatable bonds is 3. The minimum Gasteiger partial charge on any atom is -0.377 e. The fourth-order valence-electron chi connectivity index (χ4n) is 3.91. The zero-order valence-corrected chi connectivity index (χ0v) is 17.0. The lowest BCUT2D eigenvalue weighted by atomic mass is 10.1. The Morgan fingerprint density at radius 2 is 2.03 bits per heavy atom. The number of morpholine rings is 1. The summed E-state index contributed by atoms with van der Waals surface area (Å²) in [5.41, 5.74) is 2.22. The third-order valence-electron chi connectivity index (χ3n) is 5.32. The molecule has 1 fully saturated rings. The summed E-state index contributed by atoms with van der Waals surface area (Å²) in [6.45, 7) is 3.96. The van der Waals surface area contributed by atoms with Crippen LogP contribution < -0.4 is 4.90 Å². The van der Waals surface area contributed by atoms with Crippen molar-refractivity contribution in [3.8, 4) is 11.4 Å². The van der Waals surface area contributed by atoms with Crippen molar-refractivity contribution in [2.45, 2.75) is 13.0 Å². The second kappa shape index (κ2) is 6.57.